The molecule has 48 heavy (non-hydrogen) atoms. The highest BCUT2D eigenvalue weighted by Crippen LogP contribution is 2.64. The van der Waals surface area contributed by atoms with Gasteiger partial charge in [0.25, 0.3) is 0 Å². The summed E-state index contributed by atoms with van der Waals surface area (Å²) in [5.74, 6) is -5.97. The van der Waals surface area contributed by atoms with Gasteiger partial charge in [-0.15, -0.1) is 0 Å². The van der Waals surface area contributed by atoms with Gasteiger partial charge in [-0.2, -0.15) is 0 Å². The fraction of sp³-hybridized carbons (Fsp3) is 0.588. The van der Waals surface area contributed by atoms with E-state index in [9.17, 15) is 33.9 Å². The van der Waals surface area contributed by atoms with E-state index in [0.717, 1.165) is 13.8 Å². The van der Waals surface area contributed by atoms with Gasteiger partial charge in [0.1, 0.15) is 30.0 Å². The van der Waals surface area contributed by atoms with Gasteiger partial charge in [0.2, 0.25) is 0 Å². The Hall–Kier alpha value is -4.30. The lowest BCUT2D eigenvalue weighted by Crippen LogP contribution is -2.79. The second-order valence-electron chi connectivity index (χ2n) is 13.1. The Labute approximate surface area is 276 Å². The molecule has 1 aromatic rings. The quantitative estimate of drug-likeness (QED) is 0.252. The van der Waals surface area contributed by atoms with Crippen molar-refractivity contribution in [3.05, 3.63) is 47.0 Å². The van der Waals surface area contributed by atoms with E-state index in [1.165, 1.54) is 32.9 Å². The van der Waals surface area contributed by atoms with Crippen molar-refractivity contribution in [1.82, 2.24) is 0 Å². The first kappa shape index (κ1) is 35.0. The Balaban J connectivity index is 1.88. The van der Waals surface area contributed by atoms with Crippen LogP contribution in [-0.4, -0.2) is 95.4 Å². The first-order valence-electron chi connectivity index (χ1n) is 15.6. The van der Waals surface area contributed by atoms with Crippen LogP contribution < -0.4 is 0 Å². The zero-order valence-electron chi connectivity index (χ0n) is 27.8. The smallest absolute Gasteiger partial charge is 0.338 e. The fourth-order valence-corrected chi connectivity index (χ4v) is 8.32. The molecule has 4 aliphatic rings. The maximum absolute atomic E-state index is 14.0. The van der Waals surface area contributed by atoms with Crippen LogP contribution in [0, 0.1) is 11.3 Å². The van der Waals surface area contributed by atoms with Crippen molar-refractivity contribution in [1.29, 1.82) is 0 Å². The van der Waals surface area contributed by atoms with Gasteiger partial charge in [-0.3, -0.25) is 24.0 Å². The summed E-state index contributed by atoms with van der Waals surface area (Å²) in [6, 6.07) is 7.94. The van der Waals surface area contributed by atoms with E-state index in [2.05, 4.69) is 0 Å². The van der Waals surface area contributed by atoms with Crippen molar-refractivity contribution in [2.75, 3.05) is 6.61 Å². The van der Waals surface area contributed by atoms with Gasteiger partial charge in [0.15, 0.2) is 17.8 Å². The Morgan fingerprint density at radius 1 is 0.792 bits per heavy atom. The second kappa shape index (κ2) is 12.6. The first-order chi connectivity index (χ1) is 22.4. The molecule has 0 radical (unpaired) electrons. The molecule has 3 aliphatic carbocycles. The normalized spacial score (nSPS) is 36.5. The van der Waals surface area contributed by atoms with E-state index in [4.69, 9.17) is 33.2 Å². The summed E-state index contributed by atoms with van der Waals surface area (Å²) in [5.41, 5.74) is -5.28. The number of carbonyl (C=O) groups is 6. The van der Waals surface area contributed by atoms with Gasteiger partial charge in [-0.1, -0.05) is 25.1 Å². The molecule has 0 amide bonds. The van der Waals surface area contributed by atoms with Crippen LogP contribution in [-0.2, 0) is 57.1 Å². The molecule has 0 aromatic heterocycles. The molecule has 260 valence electrons. The summed E-state index contributed by atoms with van der Waals surface area (Å²) < 4.78 is 41.6. The molecule has 14 heteroatoms. The van der Waals surface area contributed by atoms with Crippen molar-refractivity contribution in [2.24, 2.45) is 11.3 Å². The molecule has 10 atom stereocenters. The number of fused-ring (bicyclic) bond motifs is 4. The van der Waals surface area contributed by atoms with Crippen LogP contribution in [0.2, 0.25) is 0 Å². The molecule has 1 heterocycles. The van der Waals surface area contributed by atoms with Gasteiger partial charge >= 0.3 is 35.8 Å². The predicted octanol–water partition coefficient (Wildman–Crippen LogP) is 2.13. The van der Waals surface area contributed by atoms with E-state index >= 15 is 0 Å². The summed E-state index contributed by atoms with van der Waals surface area (Å²) in [4.78, 5) is 77.4. The molecule has 1 saturated heterocycles. The number of carbonyl (C=O) groups excluding carboxylic acids is 6. The lowest BCUT2D eigenvalue weighted by atomic mass is 9.51. The van der Waals surface area contributed by atoms with Gasteiger partial charge in [0.05, 0.1) is 23.5 Å². The highest BCUT2D eigenvalue weighted by Gasteiger charge is 2.79. The first-order valence-corrected chi connectivity index (χ1v) is 15.6. The minimum Gasteiger partial charge on any atom is -0.462 e. The number of hydrogen-bond acceptors (Lipinski definition) is 14. The number of aliphatic hydroxyl groups is 1. The zero-order chi connectivity index (χ0) is 35.3. The van der Waals surface area contributed by atoms with Gasteiger partial charge in [-0.25, -0.2) is 4.79 Å². The molecule has 0 spiro atoms. The third kappa shape index (κ3) is 5.74. The van der Waals surface area contributed by atoms with Crippen LogP contribution >= 0.6 is 0 Å². The predicted molar refractivity (Wildman–Crippen MR) is 161 cm³/mol. The summed E-state index contributed by atoms with van der Waals surface area (Å²) in [7, 11) is 0. The third-order valence-electron chi connectivity index (χ3n) is 9.97. The van der Waals surface area contributed by atoms with Crippen LogP contribution in [0.4, 0.5) is 0 Å². The van der Waals surface area contributed by atoms with Crippen LogP contribution in [0.1, 0.15) is 71.7 Å². The lowest BCUT2D eigenvalue weighted by molar-refractivity contribution is -0.350. The number of ether oxygens (including phenoxy) is 7. The standard InChI is InChI=1S/C34H40O14/c1-16-23(43-17(2)35)14-33(41)26(16)27(45-19(4)37)29(46-20(5)38)32(7)24(44-18(3)36)13-25-34(15-42-25,48-21(6)39)28(32)30(33)47-31(40)22-11-9-8-10-12-22/h8-12,23-25,27-30,41H,13-15H2,1-7H3/t23-,24-,25+,27+,28+,29-,30-,32+,33-,34-/m0/s1. The topological polar surface area (TPSA) is 187 Å². The van der Waals surface area contributed by atoms with E-state index in [-0.39, 0.29) is 36.2 Å². The number of esters is 6. The van der Waals surface area contributed by atoms with Crippen LogP contribution in [0.3, 0.4) is 0 Å². The summed E-state index contributed by atoms with van der Waals surface area (Å²) in [6.07, 6.45) is -8.41. The molecule has 0 bridgehead atoms. The lowest BCUT2D eigenvalue weighted by Gasteiger charge is -2.64. The molecular weight excluding hydrogens is 632 g/mol. The molecule has 3 fully saturated rings. The zero-order valence-corrected chi connectivity index (χ0v) is 27.8. The molecule has 2 saturated carbocycles. The Kier molecular flexibility index (Phi) is 9.21. The minimum atomic E-state index is -2.29. The van der Waals surface area contributed by atoms with Gasteiger partial charge < -0.3 is 38.3 Å². The second-order valence-corrected chi connectivity index (χ2v) is 13.1. The molecule has 1 aromatic carbocycles. The van der Waals surface area contributed by atoms with E-state index in [0.29, 0.717) is 0 Å². The largest absolute Gasteiger partial charge is 0.462 e. The van der Waals surface area contributed by atoms with Crippen LogP contribution in [0.15, 0.2) is 41.5 Å². The molecular formula is C34H40O14. The Bertz CT molecular complexity index is 1550. The van der Waals surface area contributed by atoms with Crippen LogP contribution in [0.5, 0.6) is 0 Å². The molecule has 1 aliphatic heterocycles. The average molecular weight is 673 g/mol. The number of hydrogen-bond donors (Lipinski definition) is 1. The monoisotopic (exact) mass is 672 g/mol. The number of rotatable bonds is 7. The highest BCUT2D eigenvalue weighted by atomic mass is 16.6. The molecule has 0 unspecified atom stereocenters. The molecule has 1 N–H and O–H groups in total. The minimum absolute atomic E-state index is 0.0342. The fourth-order valence-electron chi connectivity index (χ4n) is 8.32. The number of benzene rings is 1. The third-order valence-corrected chi connectivity index (χ3v) is 9.97. The van der Waals surface area contributed by atoms with E-state index in [1.807, 2.05) is 0 Å². The highest BCUT2D eigenvalue weighted by molar-refractivity contribution is 5.89. The van der Waals surface area contributed by atoms with Crippen LogP contribution in [0.25, 0.3) is 0 Å². The maximum Gasteiger partial charge on any atom is 0.338 e. The summed E-state index contributed by atoms with van der Waals surface area (Å²) >= 11 is 0. The van der Waals surface area contributed by atoms with E-state index < -0.39 is 95.0 Å². The summed E-state index contributed by atoms with van der Waals surface area (Å²) in [5, 5.41) is 13.1. The molecule has 14 nitrogen and oxygen atoms in total. The SMILES string of the molecule is CC(=O)O[C@H]1C[C@]2(O)C(=C1C)[C@@H](OC(C)=O)[C@H](OC(C)=O)[C@]1(C)[C@@H](OC(C)=O)C[C@H]3OC[C@@]3(OC(C)=O)[C@@H]1[C@@H]2OC(=O)c1ccccc1. The van der Waals surface area contributed by atoms with Crippen molar-refractivity contribution in [3.8, 4) is 0 Å². The Morgan fingerprint density at radius 3 is 1.92 bits per heavy atom. The summed E-state index contributed by atoms with van der Waals surface area (Å²) in [6.45, 7) is 8.71. The van der Waals surface area contributed by atoms with Crippen molar-refractivity contribution in [3.63, 3.8) is 0 Å². The van der Waals surface area contributed by atoms with Crippen molar-refractivity contribution < 1.29 is 67.0 Å². The van der Waals surface area contributed by atoms with Crippen molar-refractivity contribution in [2.45, 2.75) is 109 Å². The van der Waals surface area contributed by atoms with Gasteiger partial charge in [-0.05, 0) is 24.6 Å². The van der Waals surface area contributed by atoms with Crippen molar-refractivity contribution >= 4 is 35.8 Å². The Morgan fingerprint density at radius 2 is 1.40 bits per heavy atom. The van der Waals surface area contributed by atoms with E-state index in [1.54, 1.807) is 32.0 Å². The maximum atomic E-state index is 14.0. The molecule has 5 rings (SSSR count). The average Bonchev–Trinajstić information content (AvgIpc) is 3.19. The van der Waals surface area contributed by atoms with Gasteiger partial charge in [0, 0.05) is 53.0 Å².